The highest BCUT2D eigenvalue weighted by Gasteiger charge is 2.03. The third kappa shape index (κ3) is 5.37. The van der Waals surface area contributed by atoms with Crippen LogP contribution in [0.2, 0.25) is 0 Å². The lowest BCUT2D eigenvalue weighted by molar-refractivity contribution is 0.789. The van der Waals surface area contributed by atoms with E-state index in [0.29, 0.717) is 6.54 Å². The maximum Gasteiger partial charge on any atom is 0.191 e. The van der Waals surface area contributed by atoms with E-state index in [1.54, 1.807) is 17.5 Å². The van der Waals surface area contributed by atoms with E-state index in [1.165, 1.54) is 0 Å². The number of aliphatic imine (C=N–C) groups is 1. The van der Waals surface area contributed by atoms with Gasteiger partial charge in [-0.2, -0.15) is 0 Å². The van der Waals surface area contributed by atoms with Crippen molar-refractivity contribution in [3.05, 3.63) is 58.2 Å². The van der Waals surface area contributed by atoms with Crippen LogP contribution in [0.15, 0.2) is 41.1 Å². The number of hydrogen-bond acceptors (Lipinski definition) is 5. The monoisotopic (exact) mass is 383 g/mol. The SMILES string of the molecule is CCNC(=NCc1ccc(-n2ccnc2C)nc1)NCCc1csc(C)n1. The molecule has 142 valence electrons. The molecule has 0 atom stereocenters. The molecule has 0 aromatic carbocycles. The van der Waals surface area contributed by atoms with Crippen LogP contribution in [0.4, 0.5) is 0 Å². The first-order valence-corrected chi connectivity index (χ1v) is 9.92. The van der Waals surface area contributed by atoms with Crippen LogP contribution in [0.3, 0.4) is 0 Å². The zero-order valence-electron chi connectivity index (χ0n) is 15.9. The fraction of sp³-hybridized carbons (Fsp3) is 0.368. The Labute approximate surface area is 163 Å². The summed E-state index contributed by atoms with van der Waals surface area (Å²) in [7, 11) is 0. The molecule has 0 bridgehead atoms. The summed E-state index contributed by atoms with van der Waals surface area (Å²) in [5.41, 5.74) is 2.18. The van der Waals surface area contributed by atoms with Crippen molar-refractivity contribution >= 4 is 17.3 Å². The zero-order valence-corrected chi connectivity index (χ0v) is 16.8. The molecule has 0 radical (unpaired) electrons. The Bertz CT molecular complexity index is 880. The second kappa shape index (κ2) is 9.27. The lowest BCUT2D eigenvalue weighted by Gasteiger charge is -2.11. The minimum absolute atomic E-state index is 0.571. The van der Waals surface area contributed by atoms with Gasteiger partial charge in [-0.25, -0.2) is 19.9 Å². The Morgan fingerprint density at radius 1 is 1.22 bits per heavy atom. The first kappa shape index (κ1) is 19.0. The van der Waals surface area contributed by atoms with E-state index in [4.69, 9.17) is 0 Å². The summed E-state index contributed by atoms with van der Waals surface area (Å²) in [6.07, 6.45) is 6.43. The summed E-state index contributed by atoms with van der Waals surface area (Å²) < 4.78 is 1.96. The second-order valence-corrected chi connectivity index (χ2v) is 7.16. The van der Waals surface area contributed by atoms with Gasteiger partial charge in [0, 0.05) is 43.5 Å². The van der Waals surface area contributed by atoms with Crippen LogP contribution in [-0.2, 0) is 13.0 Å². The Balaban J connectivity index is 1.56. The van der Waals surface area contributed by atoms with Crippen LogP contribution >= 0.6 is 11.3 Å². The summed E-state index contributed by atoms with van der Waals surface area (Å²) in [5.74, 6) is 2.59. The average Bonchev–Trinajstić information content (AvgIpc) is 3.28. The first-order chi connectivity index (χ1) is 13.2. The summed E-state index contributed by atoms with van der Waals surface area (Å²) in [6.45, 7) is 8.23. The van der Waals surface area contributed by atoms with Crippen LogP contribution in [0.5, 0.6) is 0 Å². The highest BCUT2D eigenvalue weighted by Crippen LogP contribution is 2.09. The Morgan fingerprint density at radius 3 is 2.74 bits per heavy atom. The van der Waals surface area contributed by atoms with Crippen molar-refractivity contribution < 1.29 is 0 Å². The van der Waals surface area contributed by atoms with Crippen LogP contribution in [0.1, 0.15) is 29.0 Å². The molecule has 8 heteroatoms. The number of guanidine groups is 1. The second-order valence-electron chi connectivity index (χ2n) is 6.10. The molecule has 27 heavy (non-hydrogen) atoms. The molecule has 0 amide bonds. The molecule has 7 nitrogen and oxygen atoms in total. The van der Waals surface area contributed by atoms with Gasteiger partial charge in [0.1, 0.15) is 11.6 Å². The standard InChI is InChI=1S/C19H25N7S/c1-4-20-19(22-8-7-17-13-27-15(3)25-17)24-12-16-5-6-18(23-11-16)26-10-9-21-14(26)2/h5-6,9-11,13H,4,7-8,12H2,1-3H3,(H2,20,22,24). The van der Waals surface area contributed by atoms with Crippen LogP contribution in [-0.4, -0.2) is 38.6 Å². The fourth-order valence-corrected chi connectivity index (χ4v) is 3.26. The summed E-state index contributed by atoms with van der Waals surface area (Å²) in [4.78, 5) is 17.9. The Kier molecular flexibility index (Phi) is 6.54. The van der Waals surface area contributed by atoms with Crippen LogP contribution in [0.25, 0.3) is 5.82 Å². The average molecular weight is 384 g/mol. The molecule has 0 fully saturated rings. The van der Waals surface area contributed by atoms with Gasteiger partial charge < -0.3 is 10.6 Å². The molecule has 0 aliphatic rings. The topological polar surface area (TPSA) is 80.0 Å². The van der Waals surface area contributed by atoms with Crippen LogP contribution < -0.4 is 10.6 Å². The fourth-order valence-electron chi connectivity index (χ4n) is 2.62. The van der Waals surface area contributed by atoms with Crippen LogP contribution in [0, 0.1) is 13.8 Å². The summed E-state index contributed by atoms with van der Waals surface area (Å²) >= 11 is 1.68. The number of hydrogen-bond donors (Lipinski definition) is 2. The lowest BCUT2D eigenvalue weighted by Crippen LogP contribution is -2.38. The summed E-state index contributed by atoms with van der Waals surface area (Å²) in [6, 6.07) is 4.04. The number of rotatable bonds is 7. The third-order valence-electron chi connectivity index (χ3n) is 3.99. The minimum Gasteiger partial charge on any atom is -0.357 e. The number of imidazole rings is 1. The zero-order chi connectivity index (χ0) is 19.1. The molecule has 0 spiro atoms. The molecule has 3 rings (SSSR count). The van der Waals surface area contributed by atoms with Crippen molar-refractivity contribution in [3.63, 3.8) is 0 Å². The smallest absolute Gasteiger partial charge is 0.191 e. The number of pyridine rings is 1. The first-order valence-electron chi connectivity index (χ1n) is 9.04. The lowest BCUT2D eigenvalue weighted by atomic mass is 10.3. The van der Waals surface area contributed by atoms with Gasteiger partial charge in [0.2, 0.25) is 0 Å². The van der Waals surface area contributed by atoms with Gasteiger partial charge in [0.25, 0.3) is 0 Å². The minimum atomic E-state index is 0.571. The number of nitrogens with one attached hydrogen (secondary N) is 2. The van der Waals surface area contributed by atoms with E-state index in [0.717, 1.165) is 53.4 Å². The molecule has 0 aliphatic carbocycles. The molecule has 0 saturated carbocycles. The van der Waals surface area contributed by atoms with Crippen molar-refractivity contribution in [1.29, 1.82) is 0 Å². The molecule has 3 aromatic rings. The maximum atomic E-state index is 4.65. The number of thiazole rings is 1. The van der Waals surface area contributed by atoms with Crippen molar-refractivity contribution in [1.82, 2.24) is 30.2 Å². The summed E-state index contributed by atoms with van der Waals surface area (Å²) in [5, 5.41) is 9.85. The molecule has 3 aromatic heterocycles. The van der Waals surface area contributed by atoms with Gasteiger partial charge in [0.05, 0.1) is 17.2 Å². The molecule has 0 aliphatic heterocycles. The van der Waals surface area contributed by atoms with E-state index in [9.17, 15) is 0 Å². The van der Waals surface area contributed by atoms with Crippen molar-refractivity contribution in [2.45, 2.75) is 33.7 Å². The number of aryl methyl sites for hydroxylation is 2. The predicted octanol–water partition coefficient (Wildman–Crippen LogP) is 2.64. The molecule has 0 unspecified atom stereocenters. The van der Waals surface area contributed by atoms with Gasteiger partial charge in [-0.05, 0) is 32.4 Å². The predicted molar refractivity (Wildman–Crippen MR) is 109 cm³/mol. The Morgan fingerprint density at radius 2 is 2.11 bits per heavy atom. The molecule has 0 saturated heterocycles. The van der Waals surface area contributed by atoms with E-state index >= 15 is 0 Å². The highest BCUT2D eigenvalue weighted by molar-refractivity contribution is 7.09. The van der Waals surface area contributed by atoms with Gasteiger partial charge in [-0.3, -0.25) is 4.57 Å². The van der Waals surface area contributed by atoms with Gasteiger partial charge in [-0.1, -0.05) is 6.07 Å². The van der Waals surface area contributed by atoms with E-state index in [2.05, 4.69) is 42.9 Å². The van der Waals surface area contributed by atoms with Gasteiger partial charge in [0.15, 0.2) is 5.96 Å². The van der Waals surface area contributed by atoms with Gasteiger partial charge >= 0.3 is 0 Å². The van der Waals surface area contributed by atoms with Crippen molar-refractivity contribution in [3.8, 4) is 5.82 Å². The molecule has 2 N–H and O–H groups in total. The van der Waals surface area contributed by atoms with Crippen molar-refractivity contribution in [2.75, 3.05) is 13.1 Å². The molecular weight excluding hydrogens is 358 g/mol. The van der Waals surface area contributed by atoms with Gasteiger partial charge in [-0.15, -0.1) is 11.3 Å². The third-order valence-corrected chi connectivity index (χ3v) is 4.81. The largest absolute Gasteiger partial charge is 0.357 e. The quantitative estimate of drug-likeness (QED) is 0.484. The number of nitrogens with zero attached hydrogens (tertiary/aromatic N) is 5. The normalized spacial score (nSPS) is 11.6. The Hall–Kier alpha value is -2.74. The molecular formula is C19H25N7S. The van der Waals surface area contributed by atoms with E-state index in [1.807, 2.05) is 42.9 Å². The van der Waals surface area contributed by atoms with E-state index in [-0.39, 0.29) is 0 Å². The number of aromatic nitrogens is 4. The molecule has 3 heterocycles. The highest BCUT2D eigenvalue weighted by atomic mass is 32.1. The van der Waals surface area contributed by atoms with E-state index < -0.39 is 0 Å². The van der Waals surface area contributed by atoms with Crippen molar-refractivity contribution in [2.24, 2.45) is 4.99 Å². The maximum absolute atomic E-state index is 4.65.